The molecule has 96 valence electrons. The van der Waals surface area contributed by atoms with Crippen LogP contribution in [0.1, 0.15) is 36.7 Å². The summed E-state index contributed by atoms with van der Waals surface area (Å²) in [5.41, 5.74) is 6.31. The number of ketones is 1. The molecule has 1 heterocycles. The molecule has 0 amide bonds. The van der Waals surface area contributed by atoms with E-state index in [1.54, 1.807) is 6.07 Å². The summed E-state index contributed by atoms with van der Waals surface area (Å²) in [6, 6.07) is 5.16. The Morgan fingerprint density at radius 2 is 2.22 bits per heavy atom. The van der Waals surface area contributed by atoms with Gasteiger partial charge in [0, 0.05) is 5.39 Å². The van der Waals surface area contributed by atoms with Gasteiger partial charge in [0.15, 0.2) is 5.76 Å². The van der Waals surface area contributed by atoms with Gasteiger partial charge in [-0.2, -0.15) is 0 Å². The molecule has 0 bridgehead atoms. The van der Waals surface area contributed by atoms with Crippen LogP contribution in [-0.4, -0.2) is 11.8 Å². The average molecular weight is 249 g/mol. The molecule has 0 spiro atoms. The molecule has 0 radical (unpaired) electrons. The number of fused-ring (bicyclic) bond motifs is 1. The highest BCUT2D eigenvalue weighted by atomic mass is 19.1. The number of furan rings is 1. The molecule has 3 nitrogen and oxygen atoms in total. The first kappa shape index (κ1) is 12.8. The SMILES string of the molecule is CCCCC(N)C(=O)c1cc2cc(F)ccc2o1. The Morgan fingerprint density at radius 1 is 1.44 bits per heavy atom. The number of benzene rings is 1. The largest absolute Gasteiger partial charge is 0.453 e. The second-order valence-corrected chi connectivity index (χ2v) is 4.41. The Bertz CT molecular complexity index is 562. The lowest BCUT2D eigenvalue weighted by Gasteiger charge is -2.06. The second-order valence-electron chi connectivity index (χ2n) is 4.41. The van der Waals surface area contributed by atoms with E-state index in [2.05, 4.69) is 0 Å². The Morgan fingerprint density at radius 3 is 2.94 bits per heavy atom. The van der Waals surface area contributed by atoms with E-state index in [1.165, 1.54) is 18.2 Å². The summed E-state index contributed by atoms with van der Waals surface area (Å²) >= 11 is 0. The smallest absolute Gasteiger partial charge is 0.214 e. The third-order valence-electron chi connectivity index (χ3n) is 2.93. The Balaban J connectivity index is 2.22. The van der Waals surface area contributed by atoms with Crippen molar-refractivity contribution in [1.82, 2.24) is 0 Å². The molecule has 2 N–H and O–H groups in total. The quantitative estimate of drug-likeness (QED) is 0.827. The summed E-state index contributed by atoms with van der Waals surface area (Å²) in [7, 11) is 0. The van der Waals surface area contributed by atoms with Crippen molar-refractivity contribution < 1.29 is 13.6 Å². The molecule has 0 saturated heterocycles. The van der Waals surface area contributed by atoms with E-state index in [9.17, 15) is 9.18 Å². The van der Waals surface area contributed by atoms with E-state index in [4.69, 9.17) is 10.2 Å². The van der Waals surface area contributed by atoms with Gasteiger partial charge in [-0.1, -0.05) is 19.8 Å². The Kier molecular flexibility index (Phi) is 3.77. The van der Waals surface area contributed by atoms with Crippen molar-refractivity contribution in [2.24, 2.45) is 5.73 Å². The normalized spacial score (nSPS) is 12.8. The van der Waals surface area contributed by atoms with Crippen LogP contribution in [0.25, 0.3) is 11.0 Å². The molecule has 4 heteroatoms. The third kappa shape index (κ3) is 2.59. The van der Waals surface area contributed by atoms with Crippen molar-refractivity contribution >= 4 is 16.8 Å². The molecule has 0 aliphatic carbocycles. The summed E-state index contributed by atoms with van der Waals surface area (Å²) in [6.45, 7) is 2.04. The lowest BCUT2D eigenvalue weighted by Crippen LogP contribution is -2.30. The fourth-order valence-electron chi connectivity index (χ4n) is 1.87. The van der Waals surface area contributed by atoms with Crippen molar-refractivity contribution in [3.05, 3.63) is 35.8 Å². The van der Waals surface area contributed by atoms with E-state index in [0.29, 0.717) is 17.4 Å². The monoisotopic (exact) mass is 249 g/mol. The van der Waals surface area contributed by atoms with Crippen LogP contribution in [0.15, 0.2) is 28.7 Å². The van der Waals surface area contributed by atoms with Gasteiger partial charge in [0.25, 0.3) is 0 Å². The summed E-state index contributed by atoms with van der Waals surface area (Å²) in [5.74, 6) is -0.364. The number of rotatable bonds is 5. The molecule has 0 fully saturated rings. The summed E-state index contributed by atoms with van der Waals surface area (Å²) in [4.78, 5) is 12.0. The first-order chi connectivity index (χ1) is 8.61. The Hall–Kier alpha value is -1.68. The summed E-state index contributed by atoms with van der Waals surface area (Å²) in [5, 5.41) is 0.584. The molecule has 0 aliphatic heterocycles. The van der Waals surface area contributed by atoms with E-state index in [1.807, 2.05) is 6.92 Å². The maximum Gasteiger partial charge on any atom is 0.214 e. The predicted octanol–water partition coefficient (Wildman–Crippen LogP) is 3.27. The Labute approximate surface area is 105 Å². The first-order valence-electron chi connectivity index (χ1n) is 6.10. The number of unbranched alkanes of at least 4 members (excludes halogenated alkanes) is 1. The fraction of sp³-hybridized carbons (Fsp3) is 0.357. The van der Waals surface area contributed by atoms with Crippen molar-refractivity contribution in [2.45, 2.75) is 32.2 Å². The van der Waals surface area contributed by atoms with Gasteiger partial charge in [0.1, 0.15) is 11.4 Å². The lowest BCUT2D eigenvalue weighted by molar-refractivity contribution is 0.0931. The molecule has 2 aromatic rings. The molecule has 0 saturated carbocycles. The molecule has 1 unspecified atom stereocenters. The summed E-state index contributed by atoms with van der Waals surface area (Å²) in [6.07, 6.45) is 2.54. The zero-order valence-electron chi connectivity index (χ0n) is 10.3. The minimum Gasteiger partial charge on any atom is -0.453 e. The highest BCUT2D eigenvalue weighted by molar-refractivity contribution is 6.00. The minimum absolute atomic E-state index is 0.208. The predicted molar refractivity (Wildman–Crippen MR) is 68.0 cm³/mol. The highest BCUT2D eigenvalue weighted by Crippen LogP contribution is 2.21. The van der Waals surface area contributed by atoms with Crippen LogP contribution in [0.5, 0.6) is 0 Å². The number of nitrogens with two attached hydrogens (primary N) is 1. The number of carbonyl (C=O) groups is 1. The van der Waals surface area contributed by atoms with Gasteiger partial charge in [-0.25, -0.2) is 4.39 Å². The minimum atomic E-state index is -0.546. The molecule has 1 atom stereocenters. The van der Waals surface area contributed by atoms with Gasteiger partial charge in [0.05, 0.1) is 6.04 Å². The van der Waals surface area contributed by atoms with E-state index >= 15 is 0 Å². The van der Waals surface area contributed by atoms with Crippen molar-refractivity contribution in [3.63, 3.8) is 0 Å². The van der Waals surface area contributed by atoms with Crippen LogP contribution in [0.3, 0.4) is 0 Å². The highest BCUT2D eigenvalue weighted by Gasteiger charge is 2.19. The second kappa shape index (κ2) is 5.31. The standard InChI is InChI=1S/C14H16FNO2/c1-2-3-4-11(16)14(17)13-8-9-7-10(15)5-6-12(9)18-13/h5-8,11H,2-4,16H2,1H3. The van der Waals surface area contributed by atoms with Crippen LogP contribution in [-0.2, 0) is 0 Å². The van der Waals surface area contributed by atoms with Gasteiger partial charge in [-0.15, -0.1) is 0 Å². The van der Waals surface area contributed by atoms with Crippen LogP contribution in [0.2, 0.25) is 0 Å². The maximum absolute atomic E-state index is 13.0. The van der Waals surface area contributed by atoms with Gasteiger partial charge in [-0.3, -0.25) is 4.79 Å². The number of Topliss-reactive ketones (excluding diaryl/α,β-unsaturated/α-hetero) is 1. The molecule has 2 rings (SSSR count). The number of hydrogen-bond donors (Lipinski definition) is 1. The average Bonchev–Trinajstić information content (AvgIpc) is 2.77. The number of carbonyl (C=O) groups excluding carboxylic acids is 1. The van der Waals surface area contributed by atoms with Gasteiger partial charge in [-0.05, 0) is 30.7 Å². The molecule has 1 aromatic carbocycles. The topological polar surface area (TPSA) is 56.2 Å². The van der Waals surface area contributed by atoms with Gasteiger partial charge < -0.3 is 10.2 Å². The van der Waals surface area contributed by atoms with E-state index < -0.39 is 6.04 Å². The lowest BCUT2D eigenvalue weighted by atomic mass is 10.0. The fourth-order valence-corrected chi connectivity index (χ4v) is 1.87. The van der Waals surface area contributed by atoms with Crippen LogP contribution in [0, 0.1) is 5.82 Å². The van der Waals surface area contributed by atoms with Crippen molar-refractivity contribution in [2.75, 3.05) is 0 Å². The number of hydrogen-bond acceptors (Lipinski definition) is 3. The molecule has 1 aromatic heterocycles. The molecule has 18 heavy (non-hydrogen) atoms. The zero-order valence-corrected chi connectivity index (χ0v) is 10.3. The van der Waals surface area contributed by atoms with E-state index in [-0.39, 0.29) is 17.4 Å². The van der Waals surface area contributed by atoms with Crippen LogP contribution < -0.4 is 5.73 Å². The molecular formula is C14H16FNO2. The van der Waals surface area contributed by atoms with Crippen LogP contribution in [0.4, 0.5) is 4.39 Å². The molecular weight excluding hydrogens is 233 g/mol. The number of halogens is 1. The summed E-state index contributed by atoms with van der Waals surface area (Å²) < 4.78 is 18.4. The van der Waals surface area contributed by atoms with Gasteiger partial charge in [0.2, 0.25) is 5.78 Å². The maximum atomic E-state index is 13.0. The van der Waals surface area contributed by atoms with E-state index in [0.717, 1.165) is 12.8 Å². The zero-order chi connectivity index (χ0) is 13.1. The molecule has 0 aliphatic rings. The van der Waals surface area contributed by atoms with Crippen LogP contribution >= 0.6 is 0 Å². The van der Waals surface area contributed by atoms with Gasteiger partial charge >= 0.3 is 0 Å². The van der Waals surface area contributed by atoms with Crippen molar-refractivity contribution in [1.29, 1.82) is 0 Å². The first-order valence-corrected chi connectivity index (χ1v) is 6.10. The van der Waals surface area contributed by atoms with Crippen molar-refractivity contribution in [3.8, 4) is 0 Å². The third-order valence-corrected chi connectivity index (χ3v) is 2.93.